The molecular formula is C22H16ClN3O2S. The van der Waals surface area contributed by atoms with Crippen LogP contribution in [0.25, 0.3) is 22.2 Å². The lowest BCUT2D eigenvalue weighted by Gasteiger charge is -2.10. The molecule has 7 heteroatoms. The molecule has 0 aliphatic heterocycles. The number of sulfonamides is 1. The lowest BCUT2D eigenvalue weighted by Crippen LogP contribution is -2.10. The van der Waals surface area contributed by atoms with Crippen molar-refractivity contribution in [1.82, 2.24) is 9.97 Å². The van der Waals surface area contributed by atoms with Crippen LogP contribution < -0.4 is 4.72 Å². The van der Waals surface area contributed by atoms with Gasteiger partial charge in [0, 0.05) is 16.1 Å². The van der Waals surface area contributed by atoms with E-state index in [9.17, 15) is 8.42 Å². The second-order valence-electron chi connectivity index (χ2n) is 6.49. The molecule has 2 N–H and O–H groups in total. The van der Waals surface area contributed by atoms with E-state index in [2.05, 4.69) is 26.5 Å². The van der Waals surface area contributed by atoms with E-state index >= 15 is 0 Å². The number of aromatic nitrogens is 2. The molecule has 0 saturated carbocycles. The van der Waals surface area contributed by atoms with Gasteiger partial charge in [0.15, 0.2) is 5.82 Å². The molecule has 4 rings (SSSR count). The van der Waals surface area contributed by atoms with Crippen LogP contribution in [0.15, 0.2) is 66.7 Å². The smallest absolute Gasteiger partial charge is 0.229 e. The normalized spacial score (nSPS) is 11.1. The number of anilines is 1. The molecule has 29 heavy (non-hydrogen) atoms. The van der Waals surface area contributed by atoms with E-state index in [-0.39, 0.29) is 0 Å². The van der Waals surface area contributed by atoms with E-state index in [4.69, 9.17) is 11.6 Å². The fraction of sp³-hybridized carbons (Fsp3) is 0.0455. The molecule has 1 aromatic heterocycles. The zero-order valence-corrected chi connectivity index (χ0v) is 17.0. The third kappa shape index (κ3) is 4.60. The molecule has 5 nitrogen and oxygen atoms in total. The first-order valence-electron chi connectivity index (χ1n) is 8.72. The number of benzene rings is 3. The van der Waals surface area contributed by atoms with E-state index in [0.717, 1.165) is 34.0 Å². The zero-order chi connectivity index (χ0) is 20.4. The van der Waals surface area contributed by atoms with Crippen LogP contribution in [0.3, 0.4) is 0 Å². The monoisotopic (exact) mass is 421 g/mol. The molecule has 144 valence electrons. The van der Waals surface area contributed by atoms with E-state index in [1.807, 2.05) is 42.5 Å². The molecule has 4 aromatic rings. The van der Waals surface area contributed by atoms with Crippen molar-refractivity contribution in [3.63, 3.8) is 0 Å². The van der Waals surface area contributed by atoms with Crippen LogP contribution in [0.1, 0.15) is 11.4 Å². The summed E-state index contributed by atoms with van der Waals surface area (Å²) in [6.45, 7) is 0. The lowest BCUT2D eigenvalue weighted by atomic mass is 10.0. The standard InChI is InChI=1S/C22H16ClN3O2S/c1-29(27,28)26-19-5-3-2-4-18(19)16-9-12-20-21(14-16)25-22(24-20)13-8-15-6-10-17(23)11-7-15/h2-7,9-12,14,26H,1H3,(H,24,25). The summed E-state index contributed by atoms with van der Waals surface area (Å²) in [5, 5.41) is 0.664. The number of rotatable bonds is 3. The van der Waals surface area contributed by atoms with Crippen LogP contribution in [0, 0.1) is 11.8 Å². The highest BCUT2D eigenvalue weighted by Crippen LogP contribution is 2.30. The molecule has 0 aliphatic carbocycles. The van der Waals surface area contributed by atoms with Crippen molar-refractivity contribution >= 4 is 38.3 Å². The SMILES string of the molecule is CS(=O)(=O)Nc1ccccc1-c1ccc2nc(C#Cc3ccc(Cl)cc3)[nH]c2c1. The Bertz CT molecular complexity index is 1360. The molecule has 0 radical (unpaired) electrons. The van der Waals surface area contributed by atoms with E-state index in [0.29, 0.717) is 16.5 Å². The van der Waals surface area contributed by atoms with Crippen LogP contribution in [0.4, 0.5) is 5.69 Å². The number of hydrogen-bond donors (Lipinski definition) is 2. The maximum atomic E-state index is 11.7. The third-order valence-corrected chi connectivity index (χ3v) is 5.03. The Labute approximate surface area is 173 Å². The van der Waals surface area contributed by atoms with Crippen molar-refractivity contribution in [2.75, 3.05) is 11.0 Å². The van der Waals surface area contributed by atoms with Gasteiger partial charge in [-0.2, -0.15) is 0 Å². The molecule has 0 saturated heterocycles. The Morgan fingerprint density at radius 1 is 1.00 bits per heavy atom. The molecule has 0 atom stereocenters. The summed E-state index contributed by atoms with van der Waals surface area (Å²) < 4.78 is 25.9. The Morgan fingerprint density at radius 2 is 1.76 bits per heavy atom. The average Bonchev–Trinajstić information content (AvgIpc) is 3.09. The lowest BCUT2D eigenvalue weighted by molar-refractivity contribution is 0.607. The molecule has 0 amide bonds. The van der Waals surface area contributed by atoms with Gasteiger partial charge in [0.25, 0.3) is 0 Å². The number of nitrogens with one attached hydrogen (secondary N) is 2. The molecule has 0 fully saturated rings. The van der Waals surface area contributed by atoms with Gasteiger partial charge in [-0.15, -0.1) is 0 Å². The zero-order valence-electron chi connectivity index (χ0n) is 15.4. The first-order valence-corrected chi connectivity index (χ1v) is 11.0. The van der Waals surface area contributed by atoms with Crippen LogP contribution in [-0.2, 0) is 10.0 Å². The highest BCUT2D eigenvalue weighted by molar-refractivity contribution is 7.92. The molecule has 0 spiro atoms. The highest BCUT2D eigenvalue weighted by atomic mass is 35.5. The number of H-pyrrole nitrogens is 1. The number of nitrogens with zero attached hydrogens (tertiary/aromatic N) is 1. The third-order valence-electron chi connectivity index (χ3n) is 4.18. The molecular weight excluding hydrogens is 406 g/mol. The van der Waals surface area contributed by atoms with Gasteiger partial charge in [0.05, 0.1) is 23.0 Å². The van der Waals surface area contributed by atoms with Crippen LogP contribution in [0.5, 0.6) is 0 Å². The predicted octanol–water partition coefficient (Wildman–Crippen LogP) is 4.65. The second kappa shape index (κ2) is 7.63. The Kier molecular flexibility index (Phi) is 5.01. The van der Waals surface area contributed by atoms with Gasteiger partial charge < -0.3 is 4.98 Å². The Hall–Kier alpha value is -3.27. The number of imidazole rings is 1. The fourth-order valence-corrected chi connectivity index (χ4v) is 3.63. The number of fused-ring (bicyclic) bond motifs is 1. The summed E-state index contributed by atoms with van der Waals surface area (Å²) in [5.41, 5.74) is 4.61. The summed E-state index contributed by atoms with van der Waals surface area (Å²) in [7, 11) is -3.38. The average molecular weight is 422 g/mol. The number of para-hydroxylation sites is 1. The van der Waals surface area contributed by atoms with Gasteiger partial charge in [-0.05, 0) is 53.9 Å². The molecule has 0 bridgehead atoms. The molecule has 0 unspecified atom stereocenters. The summed E-state index contributed by atoms with van der Waals surface area (Å²) in [4.78, 5) is 7.70. The van der Waals surface area contributed by atoms with Gasteiger partial charge in [-0.3, -0.25) is 4.72 Å². The first-order chi connectivity index (χ1) is 13.9. The largest absolute Gasteiger partial charge is 0.331 e. The van der Waals surface area contributed by atoms with Gasteiger partial charge in [0.2, 0.25) is 10.0 Å². The van der Waals surface area contributed by atoms with Crippen molar-refractivity contribution in [3.05, 3.63) is 83.1 Å². The summed E-state index contributed by atoms with van der Waals surface area (Å²) >= 11 is 5.89. The van der Waals surface area contributed by atoms with E-state index in [1.54, 1.807) is 24.3 Å². The topological polar surface area (TPSA) is 74.8 Å². The van der Waals surface area contributed by atoms with Gasteiger partial charge in [-0.25, -0.2) is 13.4 Å². The minimum absolute atomic E-state index is 0.525. The molecule has 1 heterocycles. The van der Waals surface area contributed by atoms with E-state index < -0.39 is 10.0 Å². The minimum Gasteiger partial charge on any atom is -0.331 e. The molecule has 3 aromatic carbocycles. The first kappa shape index (κ1) is 19.1. The molecule has 0 aliphatic rings. The second-order valence-corrected chi connectivity index (χ2v) is 8.68. The van der Waals surface area contributed by atoms with Crippen LogP contribution in [0.2, 0.25) is 5.02 Å². The van der Waals surface area contributed by atoms with Gasteiger partial charge in [-0.1, -0.05) is 41.8 Å². The fourth-order valence-electron chi connectivity index (χ4n) is 2.92. The number of halogens is 1. The van der Waals surface area contributed by atoms with Crippen molar-refractivity contribution < 1.29 is 8.42 Å². The van der Waals surface area contributed by atoms with E-state index in [1.165, 1.54) is 0 Å². The minimum atomic E-state index is -3.38. The maximum Gasteiger partial charge on any atom is 0.229 e. The quantitative estimate of drug-likeness (QED) is 0.472. The summed E-state index contributed by atoms with van der Waals surface area (Å²) in [6.07, 6.45) is 1.13. The van der Waals surface area contributed by atoms with Crippen molar-refractivity contribution in [3.8, 4) is 23.0 Å². The van der Waals surface area contributed by atoms with Gasteiger partial charge in [0.1, 0.15) is 0 Å². The Balaban J connectivity index is 1.69. The van der Waals surface area contributed by atoms with Gasteiger partial charge >= 0.3 is 0 Å². The maximum absolute atomic E-state index is 11.7. The predicted molar refractivity (Wildman–Crippen MR) is 117 cm³/mol. The van der Waals surface area contributed by atoms with Crippen molar-refractivity contribution in [1.29, 1.82) is 0 Å². The van der Waals surface area contributed by atoms with Crippen molar-refractivity contribution in [2.45, 2.75) is 0 Å². The van der Waals surface area contributed by atoms with Crippen LogP contribution >= 0.6 is 11.6 Å². The number of aromatic amines is 1. The van der Waals surface area contributed by atoms with Crippen molar-refractivity contribution in [2.24, 2.45) is 0 Å². The highest BCUT2D eigenvalue weighted by Gasteiger charge is 2.10. The Morgan fingerprint density at radius 3 is 2.52 bits per heavy atom. The summed E-state index contributed by atoms with van der Waals surface area (Å²) in [6, 6.07) is 20.2. The number of hydrogen-bond acceptors (Lipinski definition) is 3. The summed E-state index contributed by atoms with van der Waals surface area (Å²) in [5.74, 6) is 6.62. The van der Waals surface area contributed by atoms with Crippen LogP contribution in [-0.4, -0.2) is 24.6 Å².